The first-order valence-electron chi connectivity index (χ1n) is 12.2. The Morgan fingerprint density at radius 2 is 1.76 bits per heavy atom. The minimum Gasteiger partial charge on any atom is -0.493 e. The lowest BCUT2D eigenvalue weighted by Crippen LogP contribution is -2.50. The van der Waals surface area contributed by atoms with E-state index in [2.05, 4.69) is 27.3 Å². The third-order valence-corrected chi connectivity index (χ3v) is 7.49. The molecule has 1 N–H and O–H groups in total. The van der Waals surface area contributed by atoms with E-state index in [1.807, 2.05) is 24.1 Å². The van der Waals surface area contributed by atoms with E-state index in [1.165, 1.54) is 19.3 Å². The summed E-state index contributed by atoms with van der Waals surface area (Å²) >= 11 is 0. The molecule has 2 fully saturated rings. The predicted molar refractivity (Wildman–Crippen MR) is 130 cm³/mol. The predicted octanol–water partition coefficient (Wildman–Crippen LogP) is 4.23. The van der Waals surface area contributed by atoms with Crippen LogP contribution >= 0.6 is 0 Å². The average Bonchev–Trinajstić information content (AvgIpc) is 2.87. The van der Waals surface area contributed by atoms with Crippen molar-refractivity contribution in [2.45, 2.75) is 64.0 Å². The zero-order chi connectivity index (χ0) is 23.4. The van der Waals surface area contributed by atoms with Gasteiger partial charge in [0.2, 0.25) is 0 Å². The summed E-state index contributed by atoms with van der Waals surface area (Å²) in [5.41, 5.74) is 0. The molecule has 1 aromatic heterocycles. The van der Waals surface area contributed by atoms with Gasteiger partial charge in [0, 0.05) is 43.0 Å². The molecule has 8 heteroatoms. The van der Waals surface area contributed by atoms with Crippen LogP contribution in [-0.4, -0.2) is 67.6 Å². The molecule has 33 heavy (non-hydrogen) atoms. The summed E-state index contributed by atoms with van der Waals surface area (Å²) in [6.07, 6.45) is 9.76. The molecule has 180 valence electrons. The van der Waals surface area contributed by atoms with Crippen LogP contribution in [0.15, 0.2) is 18.3 Å². The highest BCUT2D eigenvalue weighted by Crippen LogP contribution is 2.36. The molecular weight excluding hydrogens is 418 g/mol. The van der Waals surface area contributed by atoms with Crippen LogP contribution in [0.1, 0.15) is 51.9 Å². The van der Waals surface area contributed by atoms with Crippen molar-refractivity contribution in [3.05, 3.63) is 18.3 Å². The number of hydrogen-bond acceptors (Lipinski definition) is 6. The van der Waals surface area contributed by atoms with E-state index in [4.69, 9.17) is 9.47 Å². The first-order valence-corrected chi connectivity index (χ1v) is 12.2. The number of amides is 2. The highest BCUT2D eigenvalue weighted by molar-refractivity contribution is 5.94. The minimum absolute atomic E-state index is 0.0674. The maximum absolute atomic E-state index is 12.8. The second-order valence-corrected chi connectivity index (χ2v) is 9.43. The first kappa shape index (κ1) is 23.4. The second-order valence-electron chi connectivity index (χ2n) is 9.43. The van der Waals surface area contributed by atoms with Crippen molar-refractivity contribution < 1.29 is 14.3 Å². The number of benzene rings is 1. The summed E-state index contributed by atoms with van der Waals surface area (Å²) in [7, 11) is 5.23. The van der Waals surface area contributed by atoms with E-state index in [0.29, 0.717) is 23.5 Å². The maximum Gasteiger partial charge on any atom is 0.317 e. The number of anilines is 1. The SMILES string of the molecule is COc1cc2cnnc(N3CCC(C(C)NC(=O)N(C)C4CCCCC4)CC3)c2cc1OC. The van der Waals surface area contributed by atoms with Crippen LogP contribution in [0, 0.1) is 5.92 Å². The van der Waals surface area contributed by atoms with E-state index in [9.17, 15) is 4.79 Å². The van der Waals surface area contributed by atoms with Crippen molar-refractivity contribution in [3.8, 4) is 11.5 Å². The Kier molecular flexibility index (Phi) is 7.40. The number of urea groups is 1. The number of nitrogens with one attached hydrogen (secondary N) is 1. The van der Waals surface area contributed by atoms with Gasteiger partial charge in [-0.2, -0.15) is 5.10 Å². The Labute approximate surface area is 196 Å². The Morgan fingerprint density at radius 3 is 2.42 bits per heavy atom. The molecule has 0 bridgehead atoms. The zero-order valence-electron chi connectivity index (χ0n) is 20.3. The molecule has 1 aliphatic carbocycles. The van der Waals surface area contributed by atoms with Gasteiger partial charge < -0.3 is 24.6 Å². The number of nitrogens with zero attached hydrogens (tertiary/aromatic N) is 4. The van der Waals surface area contributed by atoms with Gasteiger partial charge >= 0.3 is 6.03 Å². The van der Waals surface area contributed by atoms with Gasteiger partial charge in [-0.15, -0.1) is 5.10 Å². The molecule has 8 nitrogen and oxygen atoms in total. The fraction of sp³-hybridized carbons (Fsp3) is 0.640. The molecule has 1 saturated heterocycles. The van der Waals surface area contributed by atoms with Crippen molar-refractivity contribution in [1.82, 2.24) is 20.4 Å². The number of fused-ring (bicyclic) bond motifs is 1. The Bertz CT molecular complexity index is 954. The molecule has 2 amide bonds. The number of carbonyl (C=O) groups is 1. The largest absolute Gasteiger partial charge is 0.493 e. The Hall–Kier alpha value is -2.77. The van der Waals surface area contributed by atoms with Crippen molar-refractivity contribution in [2.24, 2.45) is 5.92 Å². The number of aromatic nitrogens is 2. The fourth-order valence-electron chi connectivity index (χ4n) is 5.29. The highest BCUT2D eigenvalue weighted by atomic mass is 16.5. The lowest BCUT2D eigenvalue weighted by atomic mass is 9.90. The van der Waals surface area contributed by atoms with Crippen LogP contribution in [0.25, 0.3) is 10.8 Å². The van der Waals surface area contributed by atoms with Crippen LogP contribution in [0.2, 0.25) is 0 Å². The summed E-state index contributed by atoms with van der Waals surface area (Å²) < 4.78 is 10.9. The number of methoxy groups -OCH3 is 2. The van der Waals surface area contributed by atoms with Crippen LogP contribution in [0.3, 0.4) is 0 Å². The summed E-state index contributed by atoms with van der Waals surface area (Å²) in [5, 5.41) is 13.9. The van der Waals surface area contributed by atoms with Gasteiger partial charge in [-0.25, -0.2) is 4.79 Å². The molecule has 1 aliphatic heterocycles. The van der Waals surface area contributed by atoms with Gasteiger partial charge in [-0.3, -0.25) is 0 Å². The van der Waals surface area contributed by atoms with E-state index in [-0.39, 0.29) is 12.1 Å². The molecule has 2 aliphatic rings. The van der Waals surface area contributed by atoms with Crippen LogP contribution < -0.4 is 19.7 Å². The van der Waals surface area contributed by atoms with Crippen molar-refractivity contribution in [1.29, 1.82) is 0 Å². The highest BCUT2D eigenvalue weighted by Gasteiger charge is 2.29. The molecule has 1 saturated carbocycles. The fourth-order valence-corrected chi connectivity index (χ4v) is 5.29. The molecular formula is C25H37N5O3. The third kappa shape index (κ3) is 5.09. The number of hydrogen-bond donors (Lipinski definition) is 1. The molecule has 1 unspecified atom stereocenters. The first-order chi connectivity index (χ1) is 16.0. The Balaban J connectivity index is 1.38. The van der Waals surface area contributed by atoms with Crippen molar-refractivity contribution >= 4 is 22.6 Å². The number of piperidine rings is 1. The van der Waals surface area contributed by atoms with Gasteiger partial charge in [0.1, 0.15) is 0 Å². The maximum atomic E-state index is 12.8. The molecule has 1 aromatic carbocycles. The van der Waals surface area contributed by atoms with E-state index in [1.54, 1.807) is 20.4 Å². The summed E-state index contributed by atoms with van der Waals surface area (Å²) in [6.45, 7) is 3.90. The summed E-state index contributed by atoms with van der Waals surface area (Å²) in [6, 6.07) is 4.52. The second kappa shape index (κ2) is 10.4. The lowest BCUT2D eigenvalue weighted by Gasteiger charge is -2.37. The van der Waals surface area contributed by atoms with Gasteiger partial charge in [-0.05, 0) is 50.7 Å². The van der Waals surface area contributed by atoms with E-state index < -0.39 is 0 Å². The van der Waals surface area contributed by atoms with Crippen molar-refractivity contribution in [3.63, 3.8) is 0 Å². The smallest absolute Gasteiger partial charge is 0.317 e. The molecule has 0 spiro atoms. The van der Waals surface area contributed by atoms with Gasteiger partial charge in [0.05, 0.1) is 20.4 Å². The van der Waals surface area contributed by atoms with E-state index >= 15 is 0 Å². The van der Waals surface area contributed by atoms with E-state index in [0.717, 1.165) is 55.4 Å². The zero-order valence-corrected chi connectivity index (χ0v) is 20.3. The Morgan fingerprint density at radius 1 is 1.09 bits per heavy atom. The normalized spacial score (nSPS) is 18.7. The molecule has 0 radical (unpaired) electrons. The van der Waals surface area contributed by atoms with Gasteiger partial charge in [-0.1, -0.05) is 19.3 Å². The number of carbonyl (C=O) groups excluding carboxylic acids is 1. The monoisotopic (exact) mass is 455 g/mol. The van der Waals surface area contributed by atoms with Crippen LogP contribution in [0.4, 0.5) is 10.6 Å². The van der Waals surface area contributed by atoms with Gasteiger partial charge in [0.15, 0.2) is 17.3 Å². The molecule has 4 rings (SSSR count). The molecule has 2 aromatic rings. The quantitative estimate of drug-likeness (QED) is 0.702. The summed E-state index contributed by atoms with van der Waals surface area (Å²) in [5.74, 6) is 2.70. The topological polar surface area (TPSA) is 79.8 Å². The number of rotatable bonds is 6. The third-order valence-electron chi connectivity index (χ3n) is 7.49. The van der Waals surface area contributed by atoms with Crippen LogP contribution in [-0.2, 0) is 0 Å². The summed E-state index contributed by atoms with van der Waals surface area (Å²) in [4.78, 5) is 17.0. The molecule has 1 atom stereocenters. The lowest BCUT2D eigenvalue weighted by molar-refractivity contribution is 0.165. The average molecular weight is 456 g/mol. The minimum atomic E-state index is 0.0674. The number of ether oxygens (including phenoxy) is 2. The van der Waals surface area contributed by atoms with Gasteiger partial charge in [0.25, 0.3) is 0 Å². The van der Waals surface area contributed by atoms with Crippen LogP contribution in [0.5, 0.6) is 11.5 Å². The standard InChI is InChI=1S/C25H37N5O3/c1-17(27-25(31)29(2)20-8-6-5-7-9-20)18-10-12-30(13-11-18)24-21-15-23(33-4)22(32-3)14-19(21)16-26-28-24/h14-18,20H,5-13H2,1-4H3,(H,27,31). The van der Waals surface area contributed by atoms with Crippen molar-refractivity contribution in [2.75, 3.05) is 39.3 Å². The molecule has 2 heterocycles.